The van der Waals surface area contributed by atoms with Gasteiger partial charge in [-0.2, -0.15) is 0 Å². The predicted molar refractivity (Wildman–Crippen MR) is 62.4 cm³/mol. The minimum Gasteiger partial charge on any atom is -0.315 e. The maximum atomic E-state index is 6.08. The molecule has 0 saturated carbocycles. The minimum atomic E-state index is 0.0845. The highest BCUT2D eigenvalue weighted by molar-refractivity contribution is 6.31. The molecule has 82 valence electrons. The van der Waals surface area contributed by atoms with Gasteiger partial charge in [0.1, 0.15) is 0 Å². The third-order valence-electron chi connectivity index (χ3n) is 2.73. The molecule has 0 bridgehead atoms. The summed E-state index contributed by atoms with van der Waals surface area (Å²) in [7, 11) is 0. The normalized spacial score (nSPS) is 25.7. The average Bonchev–Trinajstić information content (AvgIpc) is 2.63. The molecule has 1 aromatic carbocycles. The minimum absolute atomic E-state index is 0.0845. The van der Waals surface area contributed by atoms with Crippen molar-refractivity contribution in [3.8, 4) is 0 Å². The summed E-state index contributed by atoms with van der Waals surface area (Å²) in [4.78, 5) is 0. The fourth-order valence-corrected chi connectivity index (χ4v) is 2.10. The molecule has 4 N–H and O–H groups in total. The number of hydrogen-bond acceptors (Lipinski definition) is 3. The Morgan fingerprint density at radius 2 is 2.13 bits per heavy atom. The predicted octanol–water partition coefficient (Wildman–Crippen LogP) is 1.42. The van der Waals surface area contributed by atoms with E-state index in [1.807, 2.05) is 18.2 Å². The fraction of sp³-hybridized carbons (Fsp3) is 0.455. The summed E-state index contributed by atoms with van der Waals surface area (Å²) < 4.78 is 0. The van der Waals surface area contributed by atoms with Crippen molar-refractivity contribution in [1.82, 2.24) is 10.9 Å². The summed E-state index contributed by atoms with van der Waals surface area (Å²) in [6.07, 6.45) is 3.11. The molecule has 0 spiro atoms. The second-order valence-electron chi connectivity index (χ2n) is 3.96. The first-order valence-corrected chi connectivity index (χ1v) is 5.63. The van der Waals surface area contributed by atoms with Crippen LogP contribution in [0.3, 0.4) is 0 Å². The smallest absolute Gasteiger partial charge is 0.0694 e. The van der Waals surface area contributed by atoms with Gasteiger partial charge in [0.15, 0.2) is 0 Å². The Balaban J connectivity index is 1.86. The van der Waals surface area contributed by atoms with Crippen LogP contribution in [-0.2, 0) is 6.42 Å². The third-order valence-corrected chi connectivity index (χ3v) is 3.10. The van der Waals surface area contributed by atoms with Gasteiger partial charge in [0, 0.05) is 11.1 Å². The first-order chi connectivity index (χ1) is 7.25. The standard InChI is InChI=1S/C11H16ClN3/c12-10-4-2-1-3-8(10)5-6-9-7-11(13)15-14-9/h1-4,9,11,14-15H,5-7,13H2. The van der Waals surface area contributed by atoms with Crippen molar-refractivity contribution in [2.75, 3.05) is 0 Å². The van der Waals surface area contributed by atoms with Crippen molar-refractivity contribution >= 4 is 11.6 Å². The molecule has 15 heavy (non-hydrogen) atoms. The molecular weight excluding hydrogens is 210 g/mol. The molecule has 1 aliphatic heterocycles. The van der Waals surface area contributed by atoms with Crippen molar-refractivity contribution in [2.24, 2.45) is 5.73 Å². The summed E-state index contributed by atoms with van der Waals surface area (Å²) in [6, 6.07) is 8.44. The molecule has 1 saturated heterocycles. The largest absolute Gasteiger partial charge is 0.315 e. The molecule has 3 nitrogen and oxygen atoms in total. The Labute approximate surface area is 95.0 Å². The zero-order valence-electron chi connectivity index (χ0n) is 8.54. The maximum Gasteiger partial charge on any atom is 0.0694 e. The van der Waals surface area contributed by atoms with Crippen LogP contribution in [0.5, 0.6) is 0 Å². The quantitative estimate of drug-likeness (QED) is 0.730. The monoisotopic (exact) mass is 225 g/mol. The van der Waals surface area contributed by atoms with Gasteiger partial charge >= 0.3 is 0 Å². The summed E-state index contributed by atoms with van der Waals surface area (Å²) >= 11 is 6.08. The van der Waals surface area contributed by atoms with E-state index in [2.05, 4.69) is 16.9 Å². The number of hydrazine groups is 1. The molecular formula is C11H16ClN3. The van der Waals surface area contributed by atoms with E-state index in [1.165, 1.54) is 5.56 Å². The van der Waals surface area contributed by atoms with Crippen LogP contribution in [-0.4, -0.2) is 12.2 Å². The van der Waals surface area contributed by atoms with Gasteiger partial charge < -0.3 is 5.73 Å². The number of nitrogens with two attached hydrogens (primary N) is 1. The zero-order valence-corrected chi connectivity index (χ0v) is 9.30. The number of nitrogens with one attached hydrogen (secondary N) is 2. The van der Waals surface area contributed by atoms with E-state index in [1.54, 1.807) is 0 Å². The van der Waals surface area contributed by atoms with Crippen LogP contribution in [0.15, 0.2) is 24.3 Å². The van der Waals surface area contributed by atoms with Crippen LogP contribution in [0.4, 0.5) is 0 Å². The van der Waals surface area contributed by atoms with E-state index in [-0.39, 0.29) is 6.17 Å². The van der Waals surface area contributed by atoms with E-state index in [9.17, 15) is 0 Å². The number of hydrogen-bond donors (Lipinski definition) is 3. The van der Waals surface area contributed by atoms with E-state index < -0.39 is 0 Å². The molecule has 2 rings (SSSR count). The fourth-order valence-electron chi connectivity index (χ4n) is 1.87. The highest BCUT2D eigenvalue weighted by Crippen LogP contribution is 2.18. The average molecular weight is 226 g/mol. The van der Waals surface area contributed by atoms with E-state index >= 15 is 0 Å². The summed E-state index contributed by atoms with van der Waals surface area (Å²) in [5.74, 6) is 0. The first-order valence-electron chi connectivity index (χ1n) is 5.26. The van der Waals surface area contributed by atoms with Crippen molar-refractivity contribution in [3.63, 3.8) is 0 Å². The second kappa shape index (κ2) is 4.94. The molecule has 1 aliphatic rings. The van der Waals surface area contributed by atoms with Crippen molar-refractivity contribution < 1.29 is 0 Å². The SMILES string of the molecule is NC1CC(CCc2ccccc2Cl)NN1. The lowest BCUT2D eigenvalue weighted by Gasteiger charge is -2.09. The molecule has 4 heteroatoms. The number of benzene rings is 1. The second-order valence-corrected chi connectivity index (χ2v) is 4.37. The summed E-state index contributed by atoms with van der Waals surface area (Å²) in [5, 5.41) is 0.854. The highest BCUT2D eigenvalue weighted by Gasteiger charge is 2.19. The van der Waals surface area contributed by atoms with E-state index in [0.29, 0.717) is 6.04 Å². The van der Waals surface area contributed by atoms with Gasteiger partial charge in [-0.05, 0) is 30.9 Å². The van der Waals surface area contributed by atoms with Crippen LogP contribution in [0.1, 0.15) is 18.4 Å². The third kappa shape index (κ3) is 2.92. The van der Waals surface area contributed by atoms with Crippen molar-refractivity contribution in [2.45, 2.75) is 31.5 Å². The van der Waals surface area contributed by atoms with Crippen LogP contribution in [0.2, 0.25) is 5.02 Å². The van der Waals surface area contributed by atoms with Crippen LogP contribution >= 0.6 is 11.6 Å². The maximum absolute atomic E-state index is 6.08. The van der Waals surface area contributed by atoms with Gasteiger partial charge in [-0.1, -0.05) is 29.8 Å². The zero-order chi connectivity index (χ0) is 10.7. The Morgan fingerprint density at radius 1 is 1.33 bits per heavy atom. The van der Waals surface area contributed by atoms with Gasteiger partial charge in [-0.15, -0.1) is 0 Å². The molecule has 1 heterocycles. The lowest BCUT2D eigenvalue weighted by atomic mass is 10.0. The van der Waals surface area contributed by atoms with Crippen LogP contribution in [0, 0.1) is 0 Å². The molecule has 0 aromatic heterocycles. The van der Waals surface area contributed by atoms with Crippen molar-refractivity contribution in [1.29, 1.82) is 0 Å². The molecule has 2 atom stereocenters. The van der Waals surface area contributed by atoms with Crippen LogP contribution in [0.25, 0.3) is 0 Å². The summed E-state index contributed by atoms with van der Waals surface area (Å²) in [6.45, 7) is 0. The Kier molecular flexibility index (Phi) is 3.59. The highest BCUT2D eigenvalue weighted by atomic mass is 35.5. The van der Waals surface area contributed by atoms with Crippen molar-refractivity contribution in [3.05, 3.63) is 34.9 Å². The van der Waals surface area contributed by atoms with Gasteiger partial charge in [0.05, 0.1) is 6.17 Å². The van der Waals surface area contributed by atoms with Gasteiger partial charge in [-0.3, -0.25) is 5.43 Å². The Hall–Kier alpha value is -0.610. The Morgan fingerprint density at radius 3 is 2.80 bits per heavy atom. The van der Waals surface area contributed by atoms with E-state index in [0.717, 1.165) is 24.3 Å². The molecule has 1 fully saturated rings. The number of halogens is 1. The molecule has 2 unspecified atom stereocenters. The van der Waals surface area contributed by atoms with Gasteiger partial charge in [-0.25, -0.2) is 5.43 Å². The molecule has 0 radical (unpaired) electrons. The number of rotatable bonds is 3. The molecule has 0 amide bonds. The first kappa shape index (κ1) is 10.9. The van der Waals surface area contributed by atoms with Gasteiger partial charge in [0.2, 0.25) is 0 Å². The topological polar surface area (TPSA) is 50.1 Å². The number of aryl methyl sites for hydroxylation is 1. The molecule has 0 aliphatic carbocycles. The molecule has 1 aromatic rings. The van der Waals surface area contributed by atoms with Gasteiger partial charge in [0.25, 0.3) is 0 Å². The van der Waals surface area contributed by atoms with Crippen LogP contribution < -0.4 is 16.6 Å². The summed E-state index contributed by atoms with van der Waals surface area (Å²) in [5.41, 5.74) is 13.1. The lowest BCUT2D eigenvalue weighted by molar-refractivity contribution is 0.516. The Bertz CT molecular complexity index is 329. The van der Waals surface area contributed by atoms with E-state index in [4.69, 9.17) is 17.3 Å². The lowest BCUT2D eigenvalue weighted by Crippen LogP contribution is -2.37.